The predicted molar refractivity (Wildman–Crippen MR) is 93.4 cm³/mol. The van der Waals surface area contributed by atoms with E-state index in [1.54, 1.807) is 0 Å². The molecule has 4 N–H and O–H groups in total. The van der Waals surface area contributed by atoms with Gasteiger partial charge in [0.05, 0.1) is 0 Å². The van der Waals surface area contributed by atoms with Gasteiger partial charge in [0.2, 0.25) is 17.7 Å². The van der Waals surface area contributed by atoms with Crippen LogP contribution in [0.2, 0.25) is 0 Å². The van der Waals surface area contributed by atoms with Gasteiger partial charge in [-0.05, 0) is 12.8 Å². The fourth-order valence-corrected chi connectivity index (χ4v) is 2.81. The number of carbonyl (C=O) groups is 3. The number of carbonyl (C=O) groups excluding carboxylic acids is 3. The van der Waals surface area contributed by atoms with Gasteiger partial charge in [0.1, 0.15) is 0 Å². The molecule has 1 aliphatic carbocycles. The summed E-state index contributed by atoms with van der Waals surface area (Å²) in [6.45, 7) is 3.58. The summed E-state index contributed by atoms with van der Waals surface area (Å²) >= 11 is 0. The summed E-state index contributed by atoms with van der Waals surface area (Å²) in [5, 5.41) is 11.6. The van der Waals surface area contributed by atoms with Crippen molar-refractivity contribution >= 4 is 17.7 Å². The zero-order valence-corrected chi connectivity index (χ0v) is 14.8. The second-order valence-electron chi connectivity index (χ2n) is 6.33. The first-order chi connectivity index (χ1) is 11.6. The summed E-state index contributed by atoms with van der Waals surface area (Å²) in [6.07, 6.45) is 8.07. The van der Waals surface area contributed by atoms with Crippen molar-refractivity contribution in [3.63, 3.8) is 0 Å². The lowest BCUT2D eigenvalue weighted by atomic mass is 10.1. The van der Waals surface area contributed by atoms with Crippen LogP contribution < -0.4 is 21.3 Å². The molecule has 138 valence electrons. The Morgan fingerprint density at radius 2 is 1.25 bits per heavy atom. The average Bonchev–Trinajstić information content (AvgIpc) is 2.82. The van der Waals surface area contributed by atoms with Crippen molar-refractivity contribution in [3.8, 4) is 0 Å². The lowest BCUT2D eigenvalue weighted by Gasteiger charge is -2.16. The summed E-state index contributed by atoms with van der Waals surface area (Å²) in [4.78, 5) is 33.9. The van der Waals surface area contributed by atoms with Crippen LogP contribution in [0.15, 0.2) is 0 Å². The van der Waals surface area contributed by atoms with E-state index in [-0.39, 0.29) is 30.6 Å². The summed E-state index contributed by atoms with van der Waals surface area (Å²) in [7, 11) is 0. The van der Waals surface area contributed by atoms with E-state index in [0.29, 0.717) is 25.7 Å². The molecular formula is C17H32N4O3. The highest BCUT2D eigenvalue weighted by Gasteiger charge is 2.11. The molecule has 3 amide bonds. The largest absolute Gasteiger partial charge is 0.355 e. The fourth-order valence-electron chi connectivity index (χ4n) is 2.81. The smallest absolute Gasteiger partial charge is 0.220 e. The Morgan fingerprint density at radius 3 is 1.79 bits per heavy atom. The van der Waals surface area contributed by atoms with E-state index in [2.05, 4.69) is 21.3 Å². The minimum Gasteiger partial charge on any atom is -0.355 e. The van der Waals surface area contributed by atoms with Gasteiger partial charge < -0.3 is 21.3 Å². The minimum absolute atomic E-state index is 0.102. The fraction of sp³-hybridized carbons (Fsp3) is 0.824. The van der Waals surface area contributed by atoms with Crippen LogP contribution in [-0.2, 0) is 14.4 Å². The molecule has 0 radical (unpaired) electrons. The first-order valence-corrected chi connectivity index (χ1v) is 9.09. The van der Waals surface area contributed by atoms with Crippen molar-refractivity contribution in [2.24, 2.45) is 0 Å². The molecular weight excluding hydrogens is 308 g/mol. The van der Waals surface area contributed by atoms with E-state index in [1.807, 2.05) is 0 Å². The van der Waals surface area contributed by atoms with Gasteiger partial charge in [-0.25, -0.2) is 0 Å². The van der Waals surface area contributed by atoms with E-state index in [4.69, 9.17) is 0 Å². The molecule has 0 atom stereocenters. The molecule has 0 aromatic heterocycles. The predicted octanol–water partition coefficient (Wildman–Crippen LogP) is 0.448. The van der Waals surface area contributed by atoms with Gasteiger partial charge in [0, 0.05) is 52.0 Å². The zero-order valence-electron chi connectivity index (χ0n) is 14.8. The highest BCUT2D eigenvalue weighted by atomic mass is 16.2. The third-order valence-corrected chi connectivity index (χ3v) is 4.14. The van der Waals surface area contributed by atoms with E-state index in [9.17, 15) is 14.4 Å². The summed E-state index contributed by atoms with van der Waals surface area (Å²) in [6, 6.07) is 0.582. The molecule has 0 heterocycles. The maximum atomic E-state index is 11.7. The molecule has 1 aliphatic rings. The first-order valence-electron chi connectivity index (χ1n) is 9.09. The van der Waals surface area contributed by atoms with E-state index >= 15 is 0 Å². The quantitative estimate of drug-likeness (QED) is 0.343. The number of hydrogen-bond acceptors (Lipinski definition) is 4. The SMILES string of the molecule is CC(=O)NCCNC(=O)CCC(=O)NCCNC1CCCCCC1. The van der Waals surface area contributed by atoms with Gasteiger partial charge in [-0.2, -0.15) is 0 Å². The maximum absolute atomic E-state index is 11.7. The Balaban J connectivity index is 1.97. The Kier molecular flexibility index (Phi) is 10.8. The summed E-state index contributed by atoms with van der Waals surface area (Å²) in [5.74, 6) is -0.400. The first kappa shape index (κ1) is 20.4. The maximum Gasteiger partial charge on any atom is 0.220 e. The Hall–Kier alpha value is -1.63. The second-order valence-corrected chi connectivity index (χ2v) is 6.33. The Bertz CT molecular complexity index is 393. The van der Waals surface area contributed by atoms with Gasteiger partial charge in [0.25, 0.3) is 0 Å². The van der Waals surface area contributed by atoms with Gasteiger partial charge in [-0.3, -0.25) is 14.4 Å². The van der Waals surface area contributed by atoms with E-state index < -0.39 is 0 Å². The van der Waals surface area contributed by atoms with Crippen LogP contribution in [0, 0.1) is 0 Å². The molecule has 1 rings (SSSR count). The summed E-state index contributed by atoms with van der Waals surface area (Å²) < 4.78 is 0. The van der Waals surface area contributed by atoms with Crippen LogP contribution in [0.3, 0.4) is 0 Å². The third-order valence-electron chi connectivity index (χ3n) is 4.14. The highest BCUT2D eigenvalue weighted by molar-refractivity contribution is 5.83. The van der Waals surface area contributed by atoms with Gasteiger partial charge in [-0.1, -0.05) is 25.7 Å². The van der Waals surface area contributed by atoms with Crippen molar-refractivity contribution in [3.05, 3.63) is 0 Å². The van der Waals surface area contributed by atoms with Crippen LogP contribution in [0.4, 0.5) is 0 Å². The number of rotatable bonds is 10. The molecule has 0 saturated heterocycles. The molecule has 1 saturated carbocycles. The monoisotopic (exact) mass is 340 g/mol. The molecule has 0 unspecified atom stereocenters. The molecule has 7 nitrogen and oxygen atoms in total. The van der Waals surface area contributed by atoms with Crippen LogP contribution in [-0.4, -0.2) is 49.9 Å². The molecule has 0 aliphatic heterocycles. The number of amides is 3. The zero-order chi connectivity index (χ0) is 17.6. The minimum atomic E-state index is -0.174. The molecule has 24 heavy (non-hydrogen) atoms. The van der Waals surface area contributed by atoms with Gasteiger partial charge >= 0.3 is 0 Å². The van der Waals surface area contributed by atoms with Gasteiger partial charge in [-0.15, -0.1) is 0 Å². The normalized spacial score (nSPS) is 15.4. The number of hydrogen-bond donors (Lipinski definition) is 4. The van der Waals surface area contributed by atoms with Crippen molar-refractivity contribution in [2.75, 3.05) is 26.2 Å². The van der Waals surface area contributed by atoms with E-state index in [1.165, 1.54) is 45.4 Å². The van der Waals surface area contributed by atoms with Crippen molar-refractivity contribution in [1.29, 1.82) is 0 Å². The second kappa shape index (κ2) is 12.8. The lowest BCUT2D eigenvalue weighted by Crippen LogP contribution is -2.37. The molecule has 0 bridgehead atoms. The molecule has 0 aromatic carbocycles. The van der Waals surface area contributed by atoms with Crippen molar-refractivity contribution in [1.82, 2.24) is 21.3 Å². The number of nitrogens with one attached hydrogen (secondary N) is 4. The lowest BCUT2D eigenvalue weighted by molar-refractivity contribution is -0.126. The standard InChI is InChI=1S/C17H32N4O3/c1-14(22)18-10-12-20-16(23)8-9-17(24)21-13-11-19-15-6-4-2-3-5-7-15/h15,19H,2-13H2,1H3,(H,18,22)(H,20,23)(H,21,24). The molecule has 1 fully saturated rings. The average molecular weight is 340 g/mol. The molecule has 0 spiro atoms. The Morgan fingerprint density at radius 1 is 0.750 bits per heavy atom. The molecule has 0 aromatic rings. The van der Waals surface area contributed by atoms with Crippen LogP contribution >= 0.6 is 0 Å². The van der Waals surface area contributed by atoms with E-state index in [0.717, 1.165) is 6.54 Å². The van der Waals surface area contributed by atoms with Crippen molar-refractivity contribution < 1.29 is 14.4 Å². The highest BCUT2D eigenvalue weighted by Crippen LogP contribution is 2.16. The third kappa shape index (κ3) is 11.0. The topological polar surface area (TPSA) is 99.3 Å². The van der Waals surface area contributed by atoms with Crippen LogP contribution in [0.25, 0.3) is 0 Å². The van der Waals surface area contributed by atoms with Crippen LogP contribution in [0.5, 0.6) is 0 Å². The van der Waals surface area contributed by atoms with Crippen molar-refractivity contribution in [2.45, 2.75) is 64.3 Å². The Labute approximate surface area is 144 Å². The molecule has 7 heteroatoms. The van der Waals surface area contributed by atoms with Crippen LogP contribution in [0.1, 0.15) is 58.3 Å². The summed E-state index contributed by atoms with van der Waals surface area (Å²) in [5.41, 5.74) is 0. The van der Waals surface area contributed by atoms with Gasteiger partial charge in [0.15, 0.2) is 0 Å².